The van der Waals surface area contributed by atoms with Crippen molar-refractivity contribution in [2.24, 2.45) is 0 Å². The number of hydrogen-bond donors (Lipinski definition) is 0. The zero-order chi connectivity index (χ0) is 48.3. The molecule has 0 saturated carbocycles. The molecule has 0 bridgehead atoms. The lowest BCUT2D eigenvalue weighted by Crippen LogP contribution is -2.28. The summed E-state index contributed by atoms with van der Waals surface area (Å²) in [5.41, 5.74) is 20.8. The fourth-order valence-electron chi connectivity index (χ4n) is 12.0. The van der Waals surface area contributed by atoms with Crippen LogP contribution in [0.15, 0.2) is 291 Å². The van der Waals surface area contributed by atoms with Crippen LogP contribution in [0.4, 0.5) is 17.1 Å². The molecule has 0 unspecified atom stereocenters. The number of benzene rings is 12. The predicted molar refractivity (Wildman–Crippen MR) is 307 cm³/mol. The average molecular weight is 929 g/mol. The third kappa shape index (κ3) is 6.87. The van der Waals surface area contributed by atoms with Gasteiger partial charge in [0, 0.05) is 33.4 Å². The third-order valence-electron chi connectivity index (χ3n) is 15.3. The Morgan fingerprint density at radius 3 is 1.62 bits per heavy atom. The number of rotatable bonds is 9. The predicted octanol–water partition coefficient (Wildman–Crippen LogP) is 18.8. The second-order valence-electron chi connectivity index (χ2n) is 19.2. The van der Waals surface area contributed by atoms with Crippen LogP contribution in [0.2, 0.25) is 0 Å². The highest BCUT2D eigenvalue weighted by atomic mass is 15.1. The van der Waals surface area contributed by atoms with Gasteiger partial charge in [-0.1, -0.05) is 231 Å². The van der Waals surface area contributed by atoms with Gasteiger partial charge in [0.2, 0.25) is 0 Å². The first-order valence-corrected chi connectivity index (χ1v) is 25.2. The normalized spacial score (nSPS) is 12.5. The summed E-state index contributed by atoms with van der Waals surface area (Å²) in [6.07, 6.45) is 0. The van der Waals surface area contributed by atoms with Gasteiger partial charge in [0.25, 0.3) is 0 Å². The maximum absolute atomic E-state index is 2.48. The van der Waals surface area contributed by atoms with Crippen molar-refractivity contribution in [2.45, 2.75) is 5.41 Å². The molecular formula is C71H48N2. The van der Waals surface area contributed by atoms with E-state index in [-0.39, 0.29) is 0 Å². The summed E-state index contributed by atoms with van der Waals surface area (Å²) in [7, 11) is 0. The minimum absolute atomic E-state index is 0.548. The van der Waals surface area contributed by atoms with Gasteiger partial charge in [0.15, 0.2) is 0 Å². The lowest BCUT2D eigenvalue weighted by atomic mass is 9.67. The van der Waals surface area contributed by atoms with Gasteiger partial charge in [-0.25, -0.2) is 0 Å². The third-order valence-corrected chi connectivity index (χ3v) is 15.3. The lowest BCUT2D eigenvalue weighted by Gasteiger charge is -2.35. The maximum Gasteiger partial charge on any atom is 0.0714 e. The van der Waals surface area contributed by atoms with Crippen LogP contribution in [0.1, 0.15) is 22.3 Å². The van der Waals surface area contributed by atoms with E-state index in [2.05, 4.69) is 301 Å². The molecular weight excluding hydrogens is 881 g/mol. The molecule has 342 valence electrons. The molecule has 1 aliphatic carbocycles. The summed E-state index contributed by atoms with van der Waals surface area (Å²) in [6.45, 7) is 0. The Kier molecular flexibility index (Phi) is 10.1. The molecule has 0 saturated heterocycles. The molecule has 12 aromatic carbocycles. The molecule has 0 aliphatic heterocycles. The standard InChI is InChI=1S/C71H48N2/c1-5-22-54(23-6-1)71(55-24-7-2-8-25-55)66-34-17-15-31-61(66)62-44-42-58(48-67(62)71)72(56-26-9-3-10-27-56)69-45-41-52(49-36-38-51(39-37-49)60-33-19-21-50-20-13-14-30-59(50)60)46-65(69)53-40-43-64-63-32-16-18-35-68(63)73(70(64)47-53)57-28-11-4-12-29-57/h1-48H. The zero-order valence-corrected chi connectivity index (χ0v) is 40.1. The van der Waals surface area contributed by atoms with Crippen LogP contribution >= 0.6 is 0 Å². The van der Waals surface area contributed by atoms with Crippen LogP contribution in [0.25, 0.3) is 82.8 Å². The molecule has 0 atom stereocenters. The molecule has 0 spiro atoms. The molecule has 2 heteroatoms. The first-order valence-electron chi connectivity index (χ1n) is 25.2. The van der Waals surface area contributed by atoms with Crippen LogP contribution < -0.4 is 4.90 Å². The van der Waals surface area contributed by atoms with Crippen molar-refractivity contribution in [1.29, 1.82) is 0 Å². The first-order chi connectivity index (χ1) is 36.2. The average Bonchev–Trinajstić information content (AvgIpc) is 3.97. The van der Waals surface area contributed by atoms with E-state index in [0.717, 1.165) is 50.5 Å². The summed E-state index contributed by atoms with van der Waals surface area (Å²) >= 11 is 0. The molecule has 0 amide bonds. The highest BCUT2D eigenvalue weighted by Gasteiger charge is 2.46. The fraction of sp³-hybridized carbons (Fsp3) is 0.0141. The summed E-state index contributed by atoms with van der Waals surface area (Å²) in [5.74, 6) is 0. The van der Waals surface area contributed by atoms with Gasteiger partial charge in [-0.15, -0.1) is 0 Å². The SMILES string of the molecule is c1ccc(N(c2ccc3c(c2)C(c2ccccc2)(c2ccccc2)c2ccccc2-3)c2ccc(-c3ccc(-c4cccc5ccccc45)cc3)cc2-c2ccc3c4ccccc4n(-c4ccccc4)c3c2)cc1. The number of anilines is 3. The second-order valence-corrected chi connectivity index (χ2v) is 19.2. The van der Waals surface area contributed by atoms with E-state index in [0.29, 0.717) is 0 Å². The Bertz CT molecular complexity index is 4130. The van der Waals surface area contributed by atoms with Gasteiger partial charge in [-0.2, -0.15) is 0 Å². The Labute approximate surface area is 426 Å². The van der Waals surface area contributed by atoms with Crippen LogP contribution in [-0.2, 0) is 5.41 Å². The van der Waals surface area contributed by atoms with Gasteiger partial charge >= 0.3 is 0 Å². The number of nitrogens with zero attached hydrogens (tertiary/aromatic N) is 2. The van der Waals surface area contributed by atoms with E-state index >= 15 is 0 Å². The number of aromatic nitrogens is 1. The first kappa shape index (κ1) is 42.4. The minimum atomic E-state index is -0.548. The molecule has 0 fully saturated rings. The Hall–Kier alpha value is -9.50. The van der Waals surface area contributed by atoms with Gasteiger partial charge < -0.3 is 9.47 Å². The zero-order valence-electron chi connectivity index (χ0n) is 40.1. The van der Waals surface area contributed by atoms with Crippen molar-refractivity contribution >= 4 is 49.6 Å². The highest BCUT2D eigenvalue weighted by molar-refractivity contribution is 6.11. The number of para-hydroxylation sites is 3. The summed E-state index contributed by atoms with van der Waals surface area (Å²) < 4.78 is 2.42. The van der Waals surface area contributed by atoms with Gasteiger partial charge in [-0.05, 0) is 133 Å². The van der Waals surface area contributed by atoms with Crippen molar-refractivity contribution < 1.29 is 0 Å². The molecule has 73 heavy (non-hydrogen) atoms. The van der Waals surface area contributed by atoms with Crippen molar-refractivity contribution in [2.75, 3.05) is 4.90 Å². The maximum atomic E-state index is 2.48. The van der Waals surface area contributed by atoms with Crippen LogP contribution in [0, 0.1) is 0 Å². The van der Waals surface area contributed by atoms with E-state index in [9.17, 15) is 0 Å². The second kappa shape index (κ2) is 17.4. The number of fused-ring (bicyclic) bond motifs is 7. The molecule has 2 nitrogen and oxygen atoms in total. The van der Waals surface area contributed by atoms with Gasteiger partial charge in [-0.3, -0.25) is 0 Å². The van der Waals surface area contributed by atoms with Crippen LogP contribution in [0.3, 0.4) is 0 Å². The molecule has 1 aromatic heterocycles. The Morgan fingerprint density at radius 2 is 0.849 bits per heavy atom. The molecule has 13 aromatic rings. The van der Waals surface area contributed by atoms with Crippen molar-refractivity contribution in [3.8, 4) is 50.2 Å². The monoisotopic (exact) mass is 928 g/mol. The molecule has 1 heterocycles. The van der Waals surface area contributed by atoms with E-state index in [1.807, 2.05) is 0 Å². The quantitative estimate of drug-likeness (QED) is 0.140. The molecule has 14 rings (SSSR count). The van der Waals surface area contributed by atoms with Crippen LogP contribution in [0.5, 0.6) is 0 Å². The van der Waals surface area contributed by atoms with Gasteiger partial charge in [0.05, 0.1) is 22.1 Å². The fourth-order valence-corrected chi connectivity index (χ4v) is 12.0. The minimum Gasteiger partial charge on any atom is -0.310 e. The Morgan fingerprint density at radius 1 is 0.288 bits per heavy atom. The lowest BCUT2D eigenvalue weighted by molar-refractivity contribution is 0.768. The molecule has 0 radical (unpaired) electrons. The summed E-state index contributed by atoms with van der Waals surface area (Å²) in [4.78, 5) is 2.48. The molecule has 0 N–H and O–H groups in total. The topological polar surface area (TPSA) is 8.17 Å². The smallest absolute Gasteiger partial charge is 0.0714 e. The van der Waals surface area contributed by atoms with E-state index in [4.69, 9.17) is 0 Å². The van der Waals surface area contributed by atoms with Crippen molar-refractivity contribution in [1.82, 2.24) is 4.57 Å². The number of hydrogen-bond acceptors (Lipinski definition) is 1. The van der Waals surface area contributed by atoms with Gasteiger partial charge in [0.1, 0.15) is 0 Å². The van der Waals surface area contributed by atoms with Crippen LogP contribution in [-0.4, -0.2) is 4.57 Å². The summed E-state index contributed by atoms with van der Waals surface area (Å²) in [5, 5.41) is 4.96. The summed E-state index contributed by atoms with van der Waals surface area (Å²) in [6, 6.07) is 107. The van der Waals surface area contributed by atoms with E-state index < -0.39 is 5.41 Å². The van der Waals surface area contributed by atoms with Crippen molar-refractivity contribution in [3.05, 3.63) is 313 Å². The Balaban J connectivity index is 1.01. The van der Waals surface area contributed by atoms with E-state index in [1.165, 1.54) is 71.6 Å². The molecule has 1 aliphatic rings. The highest BCUT2D eigenvalue weighted by Crippen LogP contribution is 2.57. The van der Waals surface area contributed by atoms with Crippen molar-refractivity contribution in [3.63, 3.8) is 0 Å². The largest absolute Gasteiger partial charge is 0.310 e. The van der Waals surface area contributed by atoms with E-state index in [1.54, 1.807) is 0 Å².